The second kappa shape index (κ2) is 4.36. The average molecular weight is 282 g/mol. The molecule has 2 rings (SSSR count). The van der Waals surface area contributed by atoms with Gasteiger partial charge in [0.25, 0.3) is 0 Å². The third-order valence-corrected chi connectivity index (χ3v) is 2.44. The molecule has 82 valence electrons. The van der Waals surface area contributed by atoms with Gasteiger partial charge >= 0.3 is 5.97 Å². The summed E-state index contributed by atoms with van der Waals surface area (Å²) in [5.74, 6) is 0.115. The number of esters is 1. The first-order valence-corrected chi connectivity index (χ1v) is 5.22. The van der Waals surface area contributed by atoms with Gasteiger partial charge in [0.1, 0.15) is 17.1 Å². The minimum Gasteiger partial charge on any atom is -0.423 e. The van der Waals surface area contributed by atoms with E-state index in [1.54, 1.807) is 24.3 Å². The summed E-state index contributed by atoms with van der Waals surface area (Å²) in [6.07, 6.45) is 1.33. The van der Waals surface area contributed by atoms with Crippen molar-refractivity contribution in [1.82, 2.24) is 10.2 Å². The number of carbonyl (C=O) groups excluding carboxylic acids is 1. The highest BCUT2D eigenvalue weighted by Crippen LogP contribution is 2.18. The summed E-state index contributed by atoms with van der Waals surface area (Å²) in [7, 11) is 0. The molecular formula is C10H8BrN3O2. The highest BCUT2D eigenvalue weighted by Gasteiger charge is 2.13. The molecular weight excluding hydrogens is 274 g/mol. The van der Waals surface area contributed by atoms with E-state index in [1.165, 1.54) is 6.20 Å². The van der Waals surface area contributed by atoms with Gasteiger partial charge in [0.05, 0.1) is 6.20 Å². The first-order chi connectivity index (χ1) is 7.66. The Morgan fingerprint density at radius 3 is 2.62 bits per heavy atom. The topological polar surface area (TPSA) is 81.0 Å². The first kappa shape index (κ1) is 10.7. The Balaban J connectivity index is 2.14. The lowest BCUT2D eigenvalue weighted by Gasteiger charge is -2.02. The maximum atomic E-state index is 11.6. The van der Waals surface area contributed by atoms with Crippen molar-refractivity contribution in [3.05, 3.63) is 40.5 Å². The number of ether oxygens (including phenoxy) is 1. The molecule has 1 aromatic carbocycles. The van der Waals surface area contributed by atoms with E-state index in [0.717, 1.165) is 4.47 Å². The molecule has 0 unspecified atom stereocenters. The number of hydrogen-bond acceptors (Lipinski definition) is 4. The number of rotatable bonds is 2. The van der Waals surface area contributed by atoms with Crippen LogP contribution in [0.2, 0.25) is 0 Å². The molecule has 1 heterocycles. The van der Waals surface area contributed by atoms with Crippen LogP contribution < -0.4 is 10.5 Å². The highest BCUT2D eigenvalue weighted by molar-refractivity contribution is 9.10. The lowest BCUT2D eigenvalue weighted by Crippen LogP contribution is -2.09. The van der Waals surface area contributed by atoms with Gasteiger partial charge in [-0.15, -0.1) is 0 Å². The monoisotopic (exact) mass is 281 g/mol. The zero-order chi connectivity index (χ0) is 11.5. The van der Waals surface area contributed by atoms with Crippen LogP contribution in [0.1, 0.15) is 10.4 Å². The number of nitrogens with one attached hydrogen (secondary N) is 1. The zero-order valence-electron chi connectivity index (χ0n) is 8.11. The minimum absolute atomic E-state index is 0.196. The summed E-state index contributed by atoms with van der Waals surface area (Å²) < 4.78 is 6.01. The maximum Gasteiger partial charge on any atom is 0.348 e. The van der Waals surface area contributed by atoms with Gasteiger partial charge in [0.2, 0.25) is 0 Å². The van der Waals surface area contributed by atoms with E-state index in [1.807, 2.05) is 0 Å². The Kier molecular flexibility index (Phi) is 2.91. The van der Waals surface area contributed by atoms with Crippen molar-refractivity contribution in [2.75, 3.05) is 5.73 Å². The molecule has 0 amide bonds. The van der Waals surface area contributed by atoms with Crippen molar-refractivity contribution in [2.24, 2.45) is 0 Å². The summed E-state index contributed by atoms with van der Waals surface area (Å²) in [6.45, 7) is 0. The van der Waals surface area contributed by atoms with Crippen molar-refractivity contribution in [3.63, 3.8) is 0 Å². The summed E-state index contributed by atoms with van der Waals surface area (Å²) in [5, 5.41) is 6.10. The predicted octanol–water partition coefficient (Wildman–Crippen LogP) is 1.97. The van der Waals surface area contributed by atoms with Crippen molar-refractivity contribution < 1.29 is 9.53 Å². The lowest BCUT2D eigenvalue weighted by atomic mass is 10.3. The highest BCUT2D eigenvalue weighted by atomic mass is 79.9. The third kappa shape index (κ3) is 2.22. The number of aromatic nitrogens is 2. The van der Waals surface area contributed by atoms with Crippen LogP contribution in [0, 0.1) is 0 Å². The van der Waals surface area contributed by atoms with Crippen LogP contribution in [0.15, 0.2) is 34.9 Å². The first-order valence-electron chi connectivity index (χ1n) is 4.43. The molecule has 2 aromatic rings. The minimum atomic E-state index is -0.534. The normalized spacial score (nSPS) is 10.1. The smallest absolute Gasteiger partial charge is 0.348 e. The summed E-state index contributed by atoms with van der Waals surface area (Å²) in [5.41, 5.74) is 5.72. The number of anilines is 1. The number of H-pyrrole nitrogens is 1. The molecule has 0 bridgehead atoms. The van der Waals surface area contributed by atoms with Gasteiger partial charge in [0, 0.05) is 4.47 Å². The summed E-state index contributed by atoms with van der Waals surface area (Å²) in [4.78, 5) is 11.6. The van der Waals surface area contributed by atoms with Gasteiger partial charge in [-0.05, 0) is 24.3 Å². The largest absolute Gasteiger partial charge is 0.423 e. The van der Waals surface area contributed by atoms with Crippen LogP contribution in [-0.4, -0.2) is 16.2 Å². The van der Waals surface area contributed by atoms with Crippen LogP contribution in [-0.2, 0) is 0 Å². The number of halogens is 1. The molecule has 3 N–H and O–H groups in total. The van der Waals surface area contributed by atoms with E-state index in [4.69, 9.17) is 10.5 Å². The molecule has 0 spiro atoms. The molecule has 0 saturated heterocycles. The molecule has 1 aromatic heterocycles. The molecule has 0 saturated carbocycles. The van der Waals surface area contributed by atoms with Gasteiger partial charge in [-0.1, -0.05) is 15.9 Å². The van der Waals surface area contributed by atoms with Gasteiger partial charge in [-0.2, -0.15) is 5.10 Å². The molecule has 0 aliphatic carbocycles. The van der Waals surface area contributed by atoms with Gasteiger partial charge < -0.3 is 10.5 Å². The maximum absolute atomic E-state index is 11.6. The molecule has 0 radical (unpaired) electrons. The Labute approximate surface area is 99.7 Å². The van der Waals surface area contributed by atoms with Crippen LogP contribution >= 0.6 is 15.9 Å². The Hall–Kier alpha value is -1.82. The van der Waals surface area contributed by atoms with Crippen LogP contribution in [0.5, 0.6) is 5.75 Å². The fourth-order valence-corrected chi connectivity index (χ4v) is 1.39. The molecule has 5 nitrogen and oxygen atoms in total. The van der Waals surface area contributed by atoms with E-state index in [2.05, 4.69) is 26.1 Å². The van der Waals surface area contributed by atoms with E-state index in [9.17, 15) is 4.79 Å². The second-order valence-electron chi connectivity index (χ2n) is 3.04. The van der Waals surface area contributed by atoms with Gasteiger partial charge in [-0.3, -0.25) is 5.10 Å². The van der Waals surface area contributed by atoms with Gasteiger partial charge in [-0.25, -0.2) is 4.79 Å². The molecule has 6 heteroatoms. The lowest BCUT2D eigenvalue weighted by molar-refractivity contribution is 0.0736. The van der Waals surface area contributed by atoms with E-state index in [-0.39, 0.29) is 11.4 Å². The van der Waals surface area contributed by atoms with Crippen LogP contribution in [0.25, 0.3) is 0 Å². The summed E-state index contributed by atoms with van der Waals surface area (Å²) >= 11 is 3.29. The number of nitrogen functional groups attached to an aromatic ring is 1. The van der Waals surface area contributed by atoms with Gasteiger partial charge in [0.15, 0.2) is 0 Å². The molecule has 0 aliphatic heterocycles. The van der Waals surface area contributed by atoms with Crippen LogP contribution in [0.4, 0.5) is 5.82 Å². The van der Waals surface area contributed by atoms with Crippen LogP contribution in [0.3, 0.4) is 0 Å². The van der Waals surface area contributed by atoms with E-state index in [0.29, 0.717) is 5.75 Å². The predicted molar refractivity (Wildman–Crippen MR) is 62.1 cm³/mol. The zero-order valence-corrected chi connectivity index (χ0v) is 9.69. The fourth-order valence-electron chi connectivity index (χ4n) is 1.12. The number of hydrogen-bond donors (Lipinski definition) is 2. The van der Waals surface area contributed by atoms with Crippen molar-refractivity contribution >= 4 is 27.7 Å². The number of nitrogens with two attached hydrogens (primary N) is 1. The van der Waals surface area contributed by atoms with E-state index >= 15 is 0 Å². The second-order valence-corrected chi connectivity index (χ2v) is 3.96. The Morgan fingerprint density at radius 2 is 2.06 bits per heavy atom. The molecule has 0 fully saturated rings. The average Bonchev–Trinajstić information content (AvgIpc) is 2.68. The Bertz CT molecular complexity index is 507. The third-order valence-electron chi connectivity index (χ3n) is 1.91. The number of carbonyl (C=O) groups is 1. The molecule has 0 atom stereocenters. The molecule has 0 aliphatic rings. The van der Waals surface area contributed by atoms with Crippen molar-refractivity contribution in [2.45, 2.75) is 0 Å². The van der Waals surface area contributed by atoms with E-state index < -0.39 is 5.97 Å². The standard InChI is InChI=1S/C10H8BrN3O2/c11-6-1-3-7(4-2-6)16-10(15)8-5-13-14-9(8)12/h1-5H,(H3,12,13,14). The molecule has 16 heavy (non-hydrogen) atoms. The number of nitrogens with zero attached hydrogens (tertiary/aromatic N) is 1. The van der Waals surface area contributed by atoms with Crippen molar-refractivity contribution in [3.8, 4) is 5.75 Å². The number of benzene rings is 1. The SMILES string of the molecule is Nc1[nH]ncc1C(=O)Oc1ccc(Br)cc1. The summed E-state index contributed by atoms with van der Waals surface area (Å²) in [6, 6.07) is 6.92. The Morgan fingerprint density at radius 1 is 1.38 bits per heavy atom. The van der Waals surface area contributed by atoms with Crippen molar-refractivity contribution in [1.29, 1.82) is 0 Å². The fraction of sp³-hybridized carbons (Fsp3) is 0. The quantitative estimate of drug-likeness (QED) is 0.651. The number of aromatic amines is 1.